The van der Waals surface area contributed by atoms with Crippen LogP contribution < -0.4 is 10.6 Å². The Morgan fingerprint density at radius 1 is 0.621 bits per heavy atom. The number of hydrogen-bond acceptors (Lipinski definition) is 4. The molecular weight excluding hydrogens is 529 g/mol. The summed E-state index contributed by atoms with van der Waals surface area (Å²) in [7, 11) is -3.87. The fraction of sp³-hybridized carbons (Fsp3) is 0.125. The number of alkyl halides is 6. The number of sulfone groups is 1. The molecule has 6 nitrogen and oxygen atoms in total. The highest BCUT2D eigenvalue weighted by Gasteiger charge is 2.31. The third kappa shape index (κ3) is 6.52. The number of nitrogens with one attached hydrogen (secondary N) is 2. The van der Waals surface area contributed by atoms with Gasteiger partial charge in [-0.15, -0.1) is 0 Å². The number of hydrogen-bond donors (Lipinski definition) is 2. The second kappa shape index (κ2) is 9.06. The zero-order valence-electron chi connectivity index (χ0n) is 13.9. The van der Waals surface area contributed by atoms with Crippen molar-refractivity contribution in [2.24, 2.45) is 0 Å². The lowest BCUT2D eigenvalue weighted by Crippen LogP contribution is -2.26. The Morgan fingerprint density at radius 2 is 0.897 bits per heavy atom. The summed E-state index contributed by atoms with van der Waals surface area (Å²) >= 11 is 32.8. The van der Waals surface area contributed by atoms with Gasteiger partial charge in [-0.1, -0.05) is 69.6 Å². The van der Waals surface area contributed by atoms with Crippen molar-refractivity contribution in [1.29, 1.82) is 0 Å². The molecule has 0 atom stereocenters. The Balaban J connectivity index is 2.18. The van der Waals surface area contributed by atoms with Gasteiger partial charge in [-0.05, 0) is 48.5 Å². The van der Waals surface area contributed by atoms with E-state index in [1.807, 2.05) is 0 Å². The van der Waals surface area contributed by atoms with E-state index in [9.17, 15) is 18.0 Å². The van der Waals surface area contributed by atoms with Crippen molar-refractivity contribution >= 4 is 103 Å². The van der Waals surface area contributed by atoms with E-state index in [-0.39, 0.29) is 21.2 Å². The van der Waals surface area contributed by atoms with Gasteiger partial charge in [-0.25, -0.2) is 8.42 Å². The van der Waals surface area contributed by atoms with Crippen LogP contribution >= 0.6 is 69.6 Å². The Labute approximate surface area is 196 Å². The maximum atomic E-state index is 12.7. The molecule has 0 bridgehead atoms. The van der Waals surface area contributed by atoms with Crippen molar-refractivity contribution in [3.63, 3.8) is 0 Å². The Morgan fingerprint density at radius 3 is 1.14 bits per heavy atom. The Bertz CT molecular complexity index is 936. The average Bonchev–Trinajstić information content (AvgIpc) is 2.61. The Kier molecular flexibility index (Phi) is 7.60. The van der Waals surface area contributed by atoms with Crippen LogP contribution in [0.25, 0.3) is 0 Å². The lowest BCUT2D eigenvalue weighted by atomic mass is 10.3. The van der Waals surface area contributed by atoms with E-state index >= 15 is 0 Å². The maximum absolute atomic E-state index is 12.7. The van der Waals surface area contributed by atoms with Crippen LogP contribution in [0.3, 0.4) is 0 Å². The molecule has 0 saturated heterocycles. The minimum Gasteiger partial charge on any atom is -0.322 e. The summed E-state index contributed by atoms with van der Waals surface area (Å²) < 4.78 is 21.1. The SMILES string of the molecule is O=C(Nc1ccc(S(=O)(=O)c2ccc(NC(=O)C(Cl)(Cl)Cl)cc2)cc1)C(Cl)(Cl)Cl. The van der Waals surface area contributed by atoms with Crippen molar-refractivity contribution in [2.75, 3.05) is 10.6 Å². The van der Waals surface area contributed by atoms with Gasteiger partial charge in [0.25, 0.3) is 19.4 Å². The minimum atomic E-state index is -3.87. The van der Waals surface area contributed by atoms with Crippen LogP contribution in [0.15, 0.2) is 58.3 Å². The van der Waals surface area contributed by atoms with Gasteiger partial charge in [0.2, 0.25) is 9.84 Å². The van der Waals surface area contributed by atoms with Crippen LogP contribution in [0, 0.1) is 0 Å². The summed E-state index contributed by atoms with van der Waals surface area (Å²) in [6, 6.07) is 10.5. The van der Waals surface area contributed by atoms with Gasteiger partial charge in [0.1, 0.15) is 0 Å². The van der Waals surface area contributed by atoms with E-state index in [1.54, 1.807) is 0 Å². The fourth-order valence-corrected chi connectivity index (χ4v) is 3.52. The summed E-state index contributed by atoms with van der Waals surface area (Å²) in [5.74, 6) is -1.77. The number of carbonyl (C=O) groups excluding carboxylic acids is 2. The average molecular weight is 539 g/mol. The molecule has 2 aromatic rings. The molecule has 0 heterocycles. The lowest BCUT2D eigenvalue weighted by molar-refractivity contribution is -0.116. The zero-order valence-corrected chi connectivity index (χ0v) is 19.3. The van der Waals surface area contributed by atoms with E-state index in [0.717, 1.165) is 0 Å². The van der Waals surface area contributed by atoms with Crippen LogP contribution in [0.1, 0.15) is 0 Å². The minimum absolute atomic E-state index is 0.0394. The van der Waals surface area contributed by atoms with Crippen LogP contribution in [0.2, 0.25) is 0 Å². The van der Waals surface area contributed by atoms with Crippen molar-refractivity contribution in [2.45, 2.75) is 17.4 Å². The number of anilines is 2. The summed E-state index contributed by atoms with van der Waals surface area (Å²) in [5, 5.41) is 4.67. The van der Waals surface area contributed by atoms with Gasteiger partial charge in [-0.2, -0.15) is 0 Å². The number of benzene rings is 2. The first-order valence-electron chi connectivity index (χ1n) is 7.43. The van der Waals surface area contributed by atoms with E-state index in [0.29, 0.717) is 0 Å². The van der Waals surface area contributed by atoms with Gasteiger partial charge in [0, 0.05) is 11.4 Å². The molecular formula is C16H10Cl6N2O4S. The smallest absolute Gasteiger partial charge is 0.276 e. The summed E-state index contributed by atoms with van der Waals surface area (Å²) in [4.78, 5) is 23.2. The van der Waals surface area contributed by atoms with Crippen molar-refractivity contribution in [3.8, 4) is 0 Å². The van der Waals surface area contributed by atoms with E-state index in [2.05, 4.69) is 10.6 Å². The number of halogens is 6. The van der Waals surface area contributed by atoms with Crippen molar-refractivity contribution < 1.29 is 18.0 Å². The normalized spacial score (nSPS) is 12.3. The molecule has 0 saturated carbocycles. The number of carbonyl (C=O) groups is 2. The Hall–Kier alpha value is -0.930. The highest BCUT2D eigenvalue weighted by Crippen LogP contribution is 2.30. The predicted molar refractivity (Wildman–Crippen MR) is 116 cm³/mol. The van der Waals surface area contributed by atoms with Crippen molar-refractivity contribution in [1.82, 2.24) is 0 Å². The topological polar surface area (TPSA) is 92.3 Å². The monoisotopic (exact) mass is 536 g/mol. The van der Waals surface area contributed by atoms with Crippen LogP contribution in [-0.4, -0.2) is 27.8 Å². The first-order chi connectivity index (χ1) is 13.2. The lowest BCUT2D eigenvalue weighted by Gasteiger charge is -2.13. The first kappa shape index (κ1) is 24.3. The molecule has 29 heavy (non-hydrogen) atoms. The maximum Gasteiger partial charge on any atom is 0.276 e. The number of rotatable bonds is 4. The van der Waals surface area contributed by atoms with Gasteiger partial charge in [0.15, 0.2) is 0 Å². The second-order valence-electron chi connectivity index (χ2n) is 5.46. The highest BCUT2D eigenvalue weighted by molar-refractivity contribution is 7.91. The quantitative estimate of drug-likeness (QED) is 0.527. The number of amides is 2. The van der Waals surface area contributed by atoms with Gasteiger partial charge < -0.3 is 10.6 Å². The molecule has 2 aromatic carbocycles. The third-order valence-electron chi connectivity index (χ3n) is 3.36. The summed E-state index contributed by atoms with van der Waals surface area (Å²) in [5.41, 5.74) is 0.482. The molecule has 0 fully saturated rings. The molecule has 13 heteroatoms. The van der Waals surface area contributed by atoms with E-state index < -0.39 is 29.2 Å². The highest BCUT2D eigenvalue weighted by atomic mass is 35.6. The fourth-order valence-electron chi connectivity index (χ4n) is 1.97. The molecule has 0 radical (unpaired) electrons. The molecule has 0 aromatic heterocycles. The molecule has 156 valence electrons. The van der Waals surface area contributed by atoms with Gasteiger partial charge in [-0.3, -0.25) is 9.59 Å². The van der Waals surface area contributed by atoms with Crippen LogP contribution in [0.4, 0.5) is 11.4 Å². The molecule has 2 amide bonds. The molecule has 0 spiro atoms. The standard InChI is InChI=1S/C16H10Cl6N2O4S/c17-15(18,19)13(25)23-9-1-5-11(6-2-9)29(27,28)12-7-3-10(4-8-12)24-14(26)16(20,21)22/h1-8H,(H,23,25)(H,24,26). The summed E-state index contributed by atoms with van der Waals surface area (Å²) in [6.07, 6.45) is 0. The van der Waals surface area contributed by atoms with E-state index in [4.69, 9.17) is 69.6 Å². The zero-order chi connectivity index (χ0) is 22.0. The molecule has 2 N–H and O–H groups in total. The molecule has 0 aliphatic heterocycles. The molecule has 0 unspecified atom stereocenters. The predicted octanol–water partition coefficient (Wildman–Crippen LogP) is 5.14. The molecule has 0 aliphatic rings. The third-order valence-corrected chi connectivity index (χ3v) is 6.18. The van der Waals surface area contributed by atoms with Crippen molar-refractivity contribution in [3.05, 3.63) is 48.5 Å². The summed E-state index contributed by atoms with van der Waals surface area (Å²) in [6.45, 7) is 0. The first-order valence-corrected chi connectivity index (χ1v) is 11.2. The largest absolute Gasteiger partial charge is 0.322 e. The van der Waals surface area contributed by atoms with Crippen LogP contribution in [0.5, 0.6) is 0 Å². The van der Waals surface area contributed by atoms with Gasteiger partial charge >= 0.3 is 0 Å². The van der Waals surface area contributed by atoms with E-state index in [1.165, 1.54) is 48.5 Å². The second-order valence-corrected chi connectivity index (χ2v) is 12.0. The molecule has 2 rings (SSSR count). The van der Waals surface area contributed by atoms with Crippen LogP contribution in [-0.2, 0) is 19.4 Å². The van der Waals surface area contributed by atoms with Gasteiger partial charge in [0.05, 0.1) is 9.79 Å². The molecule has 0 aliphatic carbocycles.